The summed E-state index contributed by atoms with van der Waals surface area (Å²) >= 11 is 4.82. The van der Waals surface area contributed by atoms with Crippen molar-refractivity contribution in [2.45, 2.75) is 0 Å². The van der Waals surface area contributed by atoms with Crippen molar-refractivity contribution < 1.29 is 0 Å². The monoisotopic (exact) mass is 291 g/mol. The Hall–Kier alpha value is -1.26. The molecule has 78 valence electrons. The van der Waals surface area contributed by atoms with Gasteiger partial charge in [0.05, 0.1) is 25.3 Å². The SMILES string of the molecule is O=c1cc2sc3ccccc3nc-2cc1Br. The summed E-state index contributed by atoms with van der Waals surface area (Å²) in [6.45, 7) is 0. The van der Waals surface area contributed by atoms with Gasteiger partial charge in [0.15, 0.2) is 5.43 Å². The molecule has 0 radical (unpaired) electrons. The average Bonchev–Trinajstić information content (AvgIpc) is 2.28. The smallest absolute Gasteiger partial charge is 0.194 e. The van der Waals surface area contributed by atoms with Gasteiger partial charge in [-0.1, -0.05) is 12.1 Å². The molecule has 4 heteroatoms. The summed E-state index contributed by atoms with van der Waals surface area (Å²) in [4.78, 5) is 16.9. The lowest BCUT2D eigenvalue weighted by molar-refractivity contribution is 1.39. The Morgan fingerprint density at radius 2 is 2.00 bits per heavy atom. The minimum atomic E-state index is 0.000770. The molecular weight excluding hydrogens is 286 g/mol. The van der Waals surface area contributed by atoms with E-state index in [0.29, 0.717) is 4.47 Å². The van der Waals surface area contributed by atoms with E-state index in [0.717, 1.165) is 20.8 Å². The number of fused-ring (bicyclic) bond motifs is 2. The first-order valence-electron chi connectivity index (χ1n) is 4.73. The maximum Gasteiger partial charge on any atom is 0.194 e. The molecule has 0 saturated heterocycles. The summed E-state index contributed by atoms with van der Waals surface area (Å²) in [5.41, 5.74) is 1.82. The molecule has 0 spiro atoms. The molecule has 1 aromatic rings. The van der Waals surface area contributed by atoms with Crippen LogP contribution in [0.3, 0.4) is 0 Å². The summed E-state index contributed by atoms with van der Waals surface area (Å²) in [5.74, 6) is 0. The molecule has 0 amide bonds. The lowest BCUT2D eigenvalue weighted by Gasteiger charge is -2.05. The van der Waals surface area contributed by atoms with Crippen LogP contribution in [-0.4, -0.2) is 4.98 Å². The van der Waals surface area contributed by atoms with Crippen molar-refractivity contribution >= 4 is 37.5 Å². The minimum absolute atomic E-state index is 0.000770. The zero-order chi connectivity index (χ0) is 11.1. The van der Waals surface area contributed by atoms with Crippen molar-refractivity contribution in [3.05, 3.63) is 51.1 Å². The molecule has 1 aliphatic carbocycles. The predicted molar refractivity (Wildman–Crippen MR) is 70.2 cm³/mol. The number of para-hydroxylation sites is 1. The van der Waals surface area contributed by atoms with E-state index in [9.17, 15) is 4.79 Å². The predicted octanol–water partition coefficient (Wildman–Crippen LogP) is 3.52. The van der Waals surface area contributed by atoms with Gasteiger partial charge in [-0.15, -0.1) is 11.3 Å². The second-order valence-corrected chi connectivity index (χ2v) is 5.37. The first-order valence-corrected chi connectivity index (χ1v) is 6.34. The van der Waals surface area contributed by atoms with Crippen LogP contribution in [0.5, 0.6) is 0 Å². The third-order valence-corrected chi connectivity index (χ3v) is 4.07. The van der Waals surface area contributed by atoms with Gasteiger partial charge in [-0.05, 0) is 34.1 Å². The fourth-order valence-electron chi connectivity index (χ4n) is 1.58. The van der Waals surface area contributed by atoms with Crippen molar-refractivity contribution in [1.82, 2.24) is 4.98 Å². The standard InChI is InChI=1S/C12H6BrNOS/c13-7-5-9-12(6-10(7)15)16-11-4-2-1-3-8(11)14-9/h1-6H. The van der Waals surface area contributed by atoms with Gasteiger partial charge in [0.1, 0.15) is 0 Å². The van der Waals surface area contributed by atoms with Crippen molar-refractivity contribution in [3.63, 3.8) is 0 Å². The molecule has 3 rings (SSSR count). The Bertz CT molecular complexity index is 707. The number of halogens is 1. The molecule has 1 heterocycles. The first-order chi connectivity index (χ1) is 7.74. The number of hydrogen-bond donors (Lipinski definition) is 0. The van der Waals surface area contributed by atoms with Crippen LogP contribution in [0.25, 0.3) is 20.8 Å². The Labute approximate surface area is 104 Å². The van der Waals surface area contributed by atoms with E-state index in [4.69, 9.17) is 0 Å². The lowest BCUT2D eigenvalue weighted by atomic mass is 10.2. The molecule has 2 nitrogen and oxygen atoms in total. The van der Waals surface area contributed by atoms with Crippen molar-refractivity contribution in [2.24, 2.45) is 0 Å². The van der Waals surface area contributed by atoms with Gasteiger partial charge in [0.25, 0.3) is 0 Å². The number of rotatable bonds is 0. The summed E-state index contributed by atoms with van der Waals surface area (Å²) in [5, 5.41) is 0. The van der Waals surface area contributed by atoms with Crippen LogP contribution in [0.4, 0.5) is 0 Å². The molecule has 1 aromatic carbocycles. The molecule has 0 saturated carbocycles. The van der Waals surface area contributed by atoms with E-state index in [1.807, 2.05) is 24.3 Å². The van der Waals surface area contributed by atoms with Crippen molar-refractivity contribution in [3.8, 4) is 10.6 Å². The topological polar surface area (TPSA) is 30.0 Å². The van der Waals surface area contributed by atoms with E-state index in [1.165, 1.54) is 0 Å². The molecule has 0 aromatic heterocycles. The van der Waals surface area contributed by atoms with E-state index in [-0.39, 0.29) is 5.43 Å². The Kier molecular flexibility index (Phi) is 2.26. The van der Waals surface area contributed by atoms with Crippen LogP contribution >= 0.6 is 27.3 Å². The van der Waals surface area contributed by atoms with Crippen LogP contribution in [-0.2, 0) is 0 Å². The third-order valence-electron chi connectivity index (χ3n) is 2.34. The fraction of sp³-hybridized carbons (Fsp3) is 0. The molecular formula is C12H6BrNOS. The number of benzene rings is 2. The number of aromatic nitrogens is 1. The summed E-state index contributed by atoms with van der Waals surface area (Å²) in [6.07, 6.45) is 0. The van der Waals surface area contributed by atoms with Crippen molar-refractivity contribution in [2.75, 3.05) is 0 Å². The van der Waals surface area contributed by atoms with Gasteiger partial charge in [-0.3, -0.25) is 4.79 Å². The lowest BCUT2D eigenvalue weighted by Crippen LogP contribution is -2.01. The second kappa shape index (κ2) is 3.64. The van der Waals surface area contributed by atoms with Gasteiger partial charge in [0, 0.05) is 6.07 Å². The van der Waals surface area contributed by atoms with E-state index in [1.54, 1.807) is 23.5 Å². The number of hydrogen-bond acceptors (Lipinski definition) is 3. The van der Waals surface area contributed by atoms with Gasteiger partial charge >= 0.3 is 0 Å². The maximum absolute atomic E-state index is 11.5. The Balaban J connectivity index is 2.48. The summed E-state index contributed by atoms with van der Waals surface area (Å²) < 4.78 is 1.66. The normalized spacial score (nSPS) is 11.1. The molecule has 1 aliphatic heterocycles. The molecule has 2 aliphatic rings. The molecule has 0 fully saturated rings. The van der Waals surface area contributed by atoms with Gasteiger partial charge < -0.3 is 0 Å². The highest BCUT2D eigenvalue weighted by Crippen LogP contribution is 2.30. The minimum Gasteiger partial charge on any atom is -0.289 e. The fourth-order valence-corrected chi connectivity index (χ4v) is 2.89. The summed E-state index contributed by atoms with van der Waals surface area (Å²) in [6, 6.07) is 11.3. The van der Waals surface area contributed by atoms with Crippen molar-refractivity contribution in [1.29, 1.82) is 0 Å². The van der Waals surface area contributed by atoms with Gasteiger partial charge in [-0.2, -0.15) is 0 Å². The van der Waals surface area contributed by atoms with Gasteiger partial charge in [-0.25, -0.2) is 4.98 Å². The zero-order valence-corrected chi connectivity index (χ0v) is 10.5. The molecule has 0 atom stereocenters. The van der Waals surface area contributed by atoms with Gasteiger partial charge in [0.2, 0.25) is 0 Å². The van der Waals surface area contributed by atoms with E-state index >= 15 is 0 Å². The van der Waals surface area contributed by atoms with Crippen LogP contribution in [0, 0.1) is 0 Å². The molecule has 0 unspecified atom stereocenters. The highest BCUT2D eigenvalue weighted by molar-refractivity contribution is 9.10. The van der Waals surface area contributed by atoms with Crippen LogP contribution < -0.4 is 5.43 Å². The van der Waals surface area contributed by atoms with E-state index < -0.39 is 0 Å². The maximum atomic E-state index is 11.5. The quantitative estimate of drug-likeness (QED) is 0.593. The first kappa shape index (κ1) is 9.93. The highest BCUT2D eigenvalue weighted by Gasteiger charge is 2.09. The van der Waals surface area contributed by atoms with Crippen LogP contribution in [0.1, 0.15) is 0 Å². The van der Waals surface area contributed by atoms with E-state index in [2.05, 4.69) is 20.9 Å². The Morgan fingerprint density at radius 1 is 1.19 bits per heavy atom. The Morgan fingerprint density at radius 3 is 2.88 bits per heavy atom. The summed E-state index contributed by atoms with van der Waals surface area (Å²) in [7, 11) is 0. The largest absolute Gasteiger partial charge is 0.289 e. The number of nitrogens with zero attached hydrogens (tertiary/aromatic N) is 1. The van der Waals surface area contributed by atoms with Crippen LogP contribution in [0.2, 0.25) is 0 Å². The van der Waals surface area contributed by atoms with Crippen LogP contribution in [0.15, 0.2) is 45.7 Å². The average molecular weight is 292 g/mol. The highest BCUT2D eigenvalue weighted by atomic mass is 79.9. The molecule has 0 bridgehead atoms. The molecule has 0 N–H and O–H groups in total. The third kappa shape index (κ3) is 1.54. The molecule has 16 heavy (non-hydrogen) atoms. The second-order valence-electron chi connectivity index (χ2n) is 3.43. The zero-order valence-electron chi connectivity index (χ0n) is 8.11.